The van der Waals surface area contributed by atoms with E-state index < -0.39 is 5.97 Å². The van der Waals surface area contributed by atoms with Gasteiger partial charge in [-0.25, -0.2) is 4.79 Å². The first-order valence-corrected chi connectivity index (χ1v) is 5.58. The van der Waals surface area contributed by atoms with Gasteiger partial charge in [-0.2, -0.15) is 0 Å². The van der Waals surface area contributed by atoms with Crippen molar-refractivity contribution in [2.75, 3.05) is 0 Å². The van der Waals surface area contributed by atoms with Crippen LogP contribution in [0.15, 0.2) is 49.0 Å². The largest absolute Gasteiger partial charge is 0.478 e. The van der Waals surface area contributed by atoms with Gasteiger partial charge in [-0.15, -0.1) is 11.3 Å². The van der Waals surface area contributed by atoms with Crippen LogP contribution < -0.4 is 0 Å². The van der Waals surface area contributed by atoms with E-state index in [1.54, 1.807) is 6.07 Å². The first-order chi connectivity index (χ1) is 7.68. The van der Waals surface area contributed by atoms with Crippen LogP contribution in [0.4, 0.5) is 0 Å². The fraction of sp³-hybridized carbons (Fsp3) is 0. The molecule has 0 amide bonds. The molecule has 80 valence electrons. The van der Waals surface area contributed by atoms with Gasteiger partial charge in [0.05, 0.1) is 5.57 Å². The molecule has 3 heteroatoms. The Kier molecular flexibility index (Phi) is 2.88. The highest BCUT2D eigenvalue weighted by atomic mass is 32.1. The van der Waals surface area contributed by atoms with Gasteiger partial charge in [0, 0.05) is 9.75 Å². The minimum atomic E-state index is -0.971. The Bertz CT molecular complexity index is 526. The SMILES string of the molecule is C=C(C(=O)O)c1ccc(-c2ccccc2)s1. The molecule has 2 nitrogen and oxygen atoms in total. The van der Waals surface area contributed by atoms with E-state index in [2.05, 4.69) is 6.58 Å². The summed E-state index contributed by atoms with van der Waals surface area (Å²) < 4.78 is 0. The van der Waals surface area contributed by atoms with Crippen molar-refractivity contribution in [1.29, 1.82) is 0 Å². The molecule has 0 spiro atoms. The highest BCUT2D eigenvalue weighted by molar-refractivity contribution is 7.16. The van der Waals surface area contributed by atoms with Gasteiger partial charge in [0.2, 0.25) is 0 Å². The lowest BCUT2D eigenvalue weighted by atomic mass is 10.2. The summed E-state index contributed by atoms with van der Waals surface area (Å²) in [6.07, 6.45) is 0. The lowest BCUT2D eigenvalue weighted by Crippen LogP contribution is -1.94. The van der Waals surface area contributed by atoms with E-state index in [0.29, 0.717) is 4.88 Å². The average Bonchev–Trinajstić information content (AvgIpc) is 2.78. The van der Waals surface area contributed by atoms with Crippen LogP contribution in [0.5, 0.6) is 0 Å². The summed E-state index contributed by atoms with van der Waals surface area (Å²) >= 11 is 1.44. The average molecular weight is 230 g/mol. The highest BCUT2D eigenvalue weighted by Crippen LogP contribution is 2.31. The number of carboxylic acid groups (broad SMARTS) is 1. The van der Waals surface area contributed by atoms with E-state index in [1.165, 1.54) is 11.3 Å². The smallest absolute Gasteiger partial charge is 0.336 e. The van der Waals surface area contributed by atoms with E-state index in [-0.39, 0.29) is 5.57 Å². The summed E-state index contributed by atoms with van der Waals surface area (Å²) in [7, 11) is 0. The Hall–Kier alpha value is -1.87. The molecule has 16 heavy (non-hydrogen) atoms. The van der Waals surface area contributed by atoms with Crippen LogP contribution in [0, 0.1) is 0 Å². The van der Waals surface area contributed by atoms with Crippen LogP contribution in [0.1, 0.15) is 4.88 Å². The molecule has 1 heterocycles. The molecule has 0 unspecified atom stereocenters. The molecule has 0 bridgehead atoms. The topological polar surface area (TPSA) is 37.3 Å². The molecule has 1 N–H and O–H groups in total. The third kappa shape index (κ3) is 2.04. The fourth-order valence-corrected chi connectivity index (χ4v) is 2.34. The van der Waals surface area contributed by atoms with Crippen molar-refractivity contribution in [3.8, 4) is 10.4 Å². The minimum absolute atomic E-state index is 0.146. The number of rotatable bonds is 3. The molecule has 0 aliphatic carbocycles. The quantitative estimate of drug-likeness (QED) is 0.819. The Labute approximate surface area is 97.5 Å². The summed E-state index contributed by atoms with van der Waals surface area (Å²) in [5, 5.41) is 8.82. The van der Waals surface area contributed by atoms with Crippen molar-refractivity contribution < 1.29 is 9.90 Å². The molecule has 0 saturated carbocycles. The second-order valence-electron chi connectivity index (χ2n) is 3.31. The van der Waals surface area contributed by atoms with E-state index in [0.717, 1.165) is 10.4 Å². The van der Waals surface area contributed by atoms with Crippen molar-refractivity contribution in [1.82, 2.24) is 0 Å². The normalized spacial score (nSPS) is 10.0. The van der Waals surface area contributed by atoms with Gasteiger partial charge in [0.1, 0.15) is 0 Å². The second-order valence-corrected chi connectivity index (χ2v) is 4.40. The molecule has 0 atom stereocenters. The molecular formula is C13H10O2S. The number of hydrogen-bond acceptors (Lipinski definition) is 2. The molecule has 0 fully saturated rings. The standard InChI is InChI=1S/C13H10O2S/c1-9(13(14)15)11-7-8-12(16-11)10-5-3-2-4-6-10/h2-8H,1H2,(H,14,15). The maximum absolute atomic E-state index is 10.8. The molecule has 1 aromatic heterocycles. The summed E-state index contributed by atoms with van der Waals surface area (Å²) in [6.45, 7) is 3.54. The predicted molar refractivity (Wildman–Crippen MR) is 66.4 cm³/mol. The van der Waals surface area contributed by atoms with Crippen LogP contribution in [0.3, 0.4) is 0 Å². The van der Waals surface area contributed by atoms with Crippen molar-refractivity contribution >= 4 is 22.9 Å². The summed E-state index contributed by atoms with van der Waals surface area (Å²) in [4.78, 5) is 12.5. The van der Waals surface area contributed by atoms with Gasteiger partial charge < -0.3 is 5.11 Å². The summed E-state index contributed by atoms with van der Waals surface area (Å²) in [6, 6.07) is 13.6. The first-order valence-electron chi connectivity index (χ1n) is 4.76. The zero-order valence-electron chi connectivity index (χ0n) is 8.51. The summed E-state index contributed by atoms with van der Waals surface area (Å²) in [5.41, 5.74) is 1.24. The molecule has 0 aliphatic heterocycles. The summed E-state index contributed by atoms with van der Waals surface area (Å²) in [5.74, 6) is -0.971. The molecular weight excluding hydrogens is 220 g/mol. The third-order valence-electron chi connectivity index (χ3n) is 2.22. The number of aliphatic carboxylic acids is 1. The van der Waals surface area contributed by atoms with Crippen molar-refractivity contribution in [3.05, 3.63) is 53.9 Å². The Morgan fingerprint density at radius 3 is 2.44 bits per heavy atom. The fourth-order valence-electron chi connectivity index (χ4n) is 1.36. The molecule has 0 radical (unpaired) electrons. The van der Waals surface area contributed by atoms with Crippen LogP contribution in [0.2, 0.25) is 0 Å². The Balaban J connectivity index is 2.34. The molecule has 2 aromatic rings. The monoisotopic (exact) mass is 230 g/mol. The highest BCUT2D eigenvalue weighted by Gasteiger charge is 2.10. The zero-order chi connectivity index (χ0) is 11.5. The van der Waals surface area contributed by atoms with Crippen LogP contribution in [0.25, 0.3) is 16.0 Å². The second kappa shape index (κ2) is 4.33. The number of carboxylic acids is 1. The minimum Gasteiger partial charge on any atom is -0.478 e. The maximum Gasteiger partial charge on any atom is 0.336 e. The lowest BCUT2D eigenvalue weighted by Gasteiger charge is -1.96. The van der Waals surface area contributed by atoms with Gasteiger partial charge in [0.25, 0.3) is 0 Å². The number of carbonyl (C=O) groups is 1. The van der Waals surface area contributed by atoms with Gasteiger partial charge >= 0.3 is 5.97 Å². The Morgan fingerprint density at radius 2 is 1.81 bits per heavy atom. The maximum atomic E-state index is 10.8. The van der Waals surface area contributed by atoms with Gasteiger partial charge in [-0.05, 0) is 17.7 Å². The van der Waals surface area contributed by atoms with E-state index >= 15 is 0 Å². The lowest BCUT2D eigenvalue weighted by molar-refractivity contribution is -0.130. The van der Waals surface area contributed by atoms with Gasteiger partial charge in [-0.3, -0.25) is 0 Å². The van der Waals surface area contributed by atoms with Crippen LogP contribution in [-0.4, -0.2) is 11.1 Å². The third-order valence-corrected chi connectivity index (χ3v) is 3.41. The first kappa shape index (κ1) is 10.6. The van der Waals surface area contributed by atoms with Crippen molar-refractivity contribution in [3.63, 3.8) is 0 Å². The van der Waals surface area contributed by atoms with Crippen molar-refractivity contribution in [2.45, 2.75) is 0 Å². The van der Waals surface area contributed by atoms with Crippen LogP contribution in [-0.2, 0) is 4.79 Å². The Morgan fingerprint density at radius 1 is 1.12 bits per heavy atom. The molecule has 2 rings (SSSR count). The van der Waals surface area contributed by atoms with Gasteiger partial charge in [0.15, 0.2) is 0 Å². The number of benzene rings is 1. The number of hydrogen-bond donors (Lipinski definition) is 1. The van der Waals surface area contributed by atoms with Crippen molar-refractivity contribution in [2.24, 2.45) is 0 Å². The molecule has 1 aromatic carbocycles. The van der Waals surface area contributed by atoms with Gasteiger partial charge in [-0.1, -0.05) is 36.9 Å². The van der Waals surface area contributed by atoms with E-state index in [1.807, 2.05) is 36.4 Å². The molecule has 0 aliphatic rings. The van der Waals surface area contributed by atoms with Crippen LogP contribution >= 0.6 is 11.3 Å². The number of thiophene rings is 1. The van der Waals surface area contributed by atoms with E-state index in [9.17, 15) is 4.79 Å². The predicted octanol–water partition coefficient (Wildman–Crippen LogP) is 3.51. The zero-order valence-corrected chi connectivity index (χ0v) is 9.33. The molecule has 0 saturated heterocycles. The van der Waals surface area contributed by atoms with E-state index in [4.69, 9.17) is 5.11 Å².